The van der Waals surface area contributed by atoms with Crippen molar-refractivity contribution in [3.05, 3.63) is 41.2 Å². The molecule has 0 bridgehead atoms. The van der Waals surface area contributed by atoms with Gasteiger partial charge in [0.05, 0.1) is 23.6 Å². The molecular weight excluding hydrogens is 474 g/mol. The number of carbonyl (C=O) groups is 2. The summed E-state index contributed by atoms with van der Waals surface area (Å²) in [6.45, 7) is 2.25. The first-order valence-electron chi connectivity index (χ1n) is 10.9. The van der Waals surface area contributed by atoms with Crippen molar-refractivity contribution in [2.75, 3.05) is 23.4 Å². The second kappa shape index (κ2) is 8.92. The normalized spacial score (nSPS) is 18.6. The van der Waals surface area contributed by atoms with E-state index in [1.165, 1.54) is 4.90 Å². The summed E-state index contributed by atoms with van der Waals surface area (Å²) in [6.07, 6.45) is 2.27. The number of anilines is 2. The summed E-state index contributed by atoms with van der Waals surface area (Å²) < 4.78 is 10.9. The Morgan fingerprint density at radius 3 is 2.83 bits per heavy atom. The average Bonchev–Trinajstić information content (AvgIpc) is 2.80. The first kappa shape index (κ1) is 22.7. The number of carbonyl (C=O) groups excluding carboxylic acids is 1. The molecule has 1 aromatic carbocycles. The van der Waals surface area contributed by atoms with Crippen molar-refractivity contribution in [2.45, 2.75) is 25.9 Å². The van der Waals surface area contributed by atoms with Crippen molar-refractivity contribution >= 4 is 46.1 Å². The highest BCUT2D eigenvalue weighted by Crippen LogP contribution is 2.40. The molecule has 0 saturated heterocycles. The van der Waals surface area contributed by atoms with Gasteiger partial charge in [-0.05, 0) is 41.6 Å². The Morgan fingerprint density at radius 1 is 1.29 bits per heavy atom. The molecule has 0 unspecified atom stereocenters. The highest BCUT2D eigenvalue weighted by atomic mass is 35.5. The lowest BCUT2D eigenvalue weighted by Gasteiger charge is -2.29. The van der Waals surface area contributed by atoms with E-state index in [2.05, 4.69) is 21.4 Å². The SMILES string of the molecule is Cc1c(-c2cc(Cl)c3cnc(NC(=O)O[C@H]4C[C@@H](C#N)C4)cc3c2)cnc2c1N(C(=O)O)CCO2. The highest BCUT2D eigenvalue weighted by Gasteiger charge is 2.32. The monoisotopic (exact) mass is 493 g/mol. The number of pyridine rings is 2. The van der Waals surface area contributed by atoms with Gasteiger partial charge in [-0.2, -0.15) is 5.26 Å². The van der Waals surface area contributed by atoms with Gasteiger partial charge in [-0.15, -0.1) is 0 Å². The minimum atomic E-state index is -1.08. The summed E-state index contributed by atoms with van der Waals surface area (Å²) in [5.41, 5.74) is 2.53. The molecule has 0 radical (unpaired) electrons. The number of hydrogen-bond donors (Lipinski definition) is 2. The fraction of sp³-hybridized carbons (Fsp3) is 0.292. The van der Waals surface area contributed by atoms with Gasteiger partial charge in [0.1, 0.15) is 24.2 Å². The van der Waals surface area contributed by atoms with Crippen LogP contribution in [-0.2, 0) is 4.74 Å². The van der Waals surface area contributed by atoms with E-state index in [0.717, 1.165) is 10.9 Å². The Labute approximate surface area is 205 Å². The number of nitrogens with one attached hydrogen (secondary N) is 1. The van der Waals surface area contributed by atoms with Crippen LogP contribution in [0.1, 0.15) is 18.4 Å². The Kier molecular flexibility index (Phi) is 5.78. The van der Waals surface area contributed by atoms with Crippen molar-refractivity contribution in [3.8, 4) is 23.1 Å². The van der Waals surface area contributed by atoms with E-state index in [1.807, 2.05) is 13.0 Å². The summed E-state index contributed by atoms with van der Waals surface area (Å²) in [5, 5.41) is 22.9. The maximum Gasteiger partial charge on any atom is 0.413 e. The topological polar surface area (TPSA) is 138 Å². The zero-order valence-corrected chi connectivity index (χ0v) is 19.4. The van der Waals surface area contributed by atoms with E-state index in [1.54, 1.807) is 24.5 Å². The number of benzene rings is 1. The van der Waals surface area contributed by atoms with Crippen molar-refractivity contribution < 1.29 is 24.2 Å². The zero-order valence-electron chi connectivity index (χ0n) is 18.6. The minimum Gasteiger partial charge on any atom is -0.474 e. The predicted octanol–water partition coefficient (Wildman–Crippen LogP) is 4.99. The Hall–Kier alpha value is -4.10. The van der Waals surface area contributed by atoms with E-state index in [4.69, 9.17) is 26.3 Å². The molecule has 2 aromatic heterocycles. The summed E-state index contributed by atoms with van der Waals surface area (Å²) in [7, 11) is 0. The van der Waals surface area contributed by atoms with E-state index < -0.39 is 12.2 Å². The van der Waals surface area contributed by atoms with Crippen LogP contribution in [0, 0.1) is 24.2 Å². The number of nitriles is 1. The second-order valence-electron chi connectivity index (χ2n) is 8.43. The minimum absolute atomic E-state index is 0.0668. The van der Waals surface area contributed by atoms with E-state index in [9.17, 15) is 14.7 Å². The van der Waals surface area contributed by atoms with Gasteiger partial charge in [0.2, 0.25) is 5.88 Å². The quantitative estimate of drug-likeness (QED) is 0.520. The molecule has 1 aliphatic heterocycles. The van der Waals surface area contributed by atoms with Crippen LogP contribution in [0.2, 0.25) is 5.02 Å². The maximum absolute atomic E-state index is 12.2. The maximum atomic E-state index is 12.2. The van der Waals surface area contributed by atoms with Gasteiger partial charge in [0.15, 0.2) is 0 Å². The average molecular weight is 494 g/mol. The summed E-state index contributed by atoms with van der Waals surface area (Å²) in [6, 6.07) is 7.46. The van der Waals surface area contributed by atoms with Gasteiger partial charge in [0.25, 0.3) is 0 Å². The first-order valence-corrected chi connectivity index (χ1v) is 11.3. The smallest absolute Gasteiger partial charge is 0.413 e. The van der Waals surface area contributed by atoms with Crippen LogP contribution in [-0.4, -0.2) is 46.5 Å². The van der Waals surface area contributed by atoms with Crippen molar-refractivity contribution in [1.29, 1.82) is 5.26 Å². The fourth-order valence-electron chi connectivity index (χ4n) is 4.31. The molecule has 10 nitrogen and oxygen atoms in total. The first-order chi connectivity index (χ1) is 16.8. The van der Waals surface area contributed by atoms with Crippen LogP contribution >= 0.6 is 11.6 Å². The molecule has 2 aliphatic rings. The summed E-state index contributed by atoms with van der Waals surface area (Å²) in [4.78, 5) is 33.8. The molecule has 11 heteroatoms. The molecule has 0 atom stereocenters. The van der Waals surface area contributed by atoms with Gasteiger partial charge < -0.3 is 14.6 Å². The summed E-state index contributed by atoms with van der Waals surface area (Å²) >= 11 is 6.54. The molecule has 3 aromatic rings. The van der Waals surface area contributed by atoms with Crippen LogP contribution in [0.25, 0.3) is 21.9 Å². The summed E-state index contributed by atoms with van der Waals surface area (Å²) in [5.74, 6) is 0.494. The van der Waals surface area contributed by atoms with Crippen molar-refractivity contribution in [1.82, 2.24) is 9.97 Å². The largest absolute Gasteiger partial charge is 0.474 e. The Morgan fingerprint density at radius 2 is 2.09 bits per heavy atom. The molecule has 1 fully saturated rings. The van der Waals surface area contributed by atoms with Crippen LogP contribution in [0.5, 0.6) is 5.88 Å². The molecule has 35 heavy (non-hydrogen) atoms. The number of halogens is 1. The van der Waals surface area contributed by atoms with Crippen LogP contribution in [0.3, 0.4) is 0 Å². The third kappa shape index (κ3) is 4.26. The van der Waals surface area contributed by atoms with Crippen LogP contribution in [0.4, 0.5) is 21.1 Å². The van der Waals surface area contributed by atoms with Gasteiger partial charge in [-0.3, -0.25) is 10.2 Å². The number of aromatic nitrogens is 2. The number of ether oxygens (including phenoxy) is 2. The molecule has 0 spiro atoms. The van der Waals surface area contributed by atoms with E-state index >= 15 is 0 Å². The van der Waals surface area contributed by atoms with E-state index in [0.29, 0.717) is 40.1 Å². The standard InChI is InChI=1S/C24H20ClN5O5/c1-12-17(10-28-22-21(12)30(24(32)33)2-3-34-22)14-6-15-8-20(27-11-18(15)19(25)7-14)29-23(31)35-16-4-13(5-16)9-26/h6-8,10-11,13,16H,2-5H2,1H3,(H,32,33)(H,27,29,31)/t13-,16+. The number of nitrogens with zero attached hydrogens (tertiary/aromatic N) is 4. The van der Waals surface area contributed by atoms with Gasteiger partial charge in [-0.25, -0.2) is 19.6 Å². The highest BCUT2D eigenvalue weighted by molar-refractivity contribution is 6.36. The van der Waals surface area contributed by atoms with Gasteiger partial charge in [0, 0.05) is 36.2 Å². The number of carboxylic acid groups (broad SMARTS) is 1. The lowest BCUT2D eigenvalue weighted by molar-refractivity contribution is 0.0418. The number of hydrogen-bond acceptors (Lipinski definition) is 7. The second-order valence-corrected chi connectivity index (χ2v) is 8.84. The Bertz CT molecular complexity index is 1400. The van der Waals surface area contributed by atoms with Crippen LogP contribution < -0.4 is 15.0 Å². The Balaban J connectivity index is 1.45. The fourth-order valence-corrected chi connectivity index (χ4v) is 4.59. The predicted molar refractivity (Wildman–Crippen MR) is 128 cm³/mol. The molecule has 1 saturated carbocycles. The lowest BCUT2D eigenvalue weighted by atomic mass is 9.84. The third-order valence-electron chi connectivity index (χ3n) is 6.21. The van der Waals surface area contributed by atoms with Crippen molar-refractivity contribution in [3.63, 3.8) is 0 Å². The van der Waals surface area contributed by atoms with Gasteiger partial charge >= 0.3 is 12.2 Å². The van der Waals surface area contributed by atoms with Gasteiger partial charge in [-0.1, -0.05) is 11.6 Å². The molecule has 3 heterocycles. The van der Waals surface area contributed by atoms with E-state index in [-0.39, 0.29) is 36.9 Å². The third-order valence-corrected chi connectivity index (χ3v) is 6.52. The molecule has 2 N–H and O–H groups in total. The molecular formula is C24H20ClN5O5. The molecule has 5 rings (SSSR count). The number of amides is 2. The van der Waals surface area contributed by atoms with Crippen molar-refractivity contribution in [2.24, 2.45) is 5.92 Å². The molecule has 2 amide bonds. The number of rotatable bonds is 3. The zero-order chi connectivity index (χ0) is 24.7. The number of fused-ring (bicyclic) bond motifs is 2. The lowest BCUT2D eigenvalue weighted by Crippen LogP contribution is -2.37. The molecule has 1 aliphatic carbocycles. The van der Waals surface area contributed by atoms with Crippen LogP contribution in [0.15, 0.2) is 30.6 Å². The molecule has 178 valence electrons.